The van der Waals surface area contributed by atoms with Gasteiger partial charge in [-0.25, -0.2) is 5.43 Å². The Morgan fingerprint density at radius 2 is 1.86 bits per heavy atom. The molecule has 154 valence electrons. The molecule has 0 aliphatic heterocycles. The molecule has 1 N–H and O–H groups in total. The van der Waals surface area contributed by atoms with Gasteiger partial charge in [0.1, 0.15) is 0 Å². The number of benzene rings is 1. The topological polar surface area (TPSA) is 77.0 Å². The summed E-state index contributed by atoms with van der Waals surface area (Å²) in [6, 6.07) is 4.98. The van der Waals surface area contributed by atoms with Gasteiger partial charge in [0.05, 0.1) is 19.9 Å². The van der Waals surface area contributed by atoms with Gasteiger partial charge in [0.15, 0.2) is 17.3 Å². The summed E-state index contributed by atoms with van der Waals surface area (Å²) in [7, 11) is 3.06. The Bertz CT molecular complexity index is 933. The number of ether oxygens (including phenoxy) is 2. The van der Waals surface area contributed by atoms with E-state index in [2.05, 4.69) is 15.9 Å². The number of hydrazone groups is 1. The summed E-state index contributed by atoms with van der Waals surface area (Å²) in [6.45, 7) is 1.91. The Hall–Kier alpha value is -2.67. The Morgan fingerprint density at radius 1 is 1.10 bits per heavy atom. The van der Waals surface area contributed by atoms with Crippen LogP contribution in [0.4, 0.5) is 0 Å². The number of thiophene rings is 1. The lowest BCUT2D eigenvalue weighted by Gasteiger charge is -2.12. The summed E-state index contributed by atoms with van der Waals surface area (Å²) in [5.41, 5.74) is 6.38. The van der Waals surface area contributed by atoms with E-state index in [0.29, 0.717) is 17.1 Å². The highest BCUT2D eigenvalue weighted by Gasteiger charge is 2.17. The van der Waals surface area contributed by atoms with Crippen LogP contribution in [0.5, 0.6) is 11.5 Å². The van der Waals surface area contributed by atoms with E-state index < -0.39 is 0 Å². The Kier molecular flexibility index (Phi) is 7.04. The number of ketones is 1. The summed E-state index contributed by atoms with van der Waals surface area (Å²) in [6.07, 6.45) is 4.84. The lowest BCUT2D eigenvalue weighted by atomic mass is 9.94. The molecule has 1 aromatic carbocycles. The number of rotatable bonds is 8. The first-order valence-corrected chi connectivity index (χ1v) is 10.6. The number of aryl methyl sites for hydroxylation is 1. The van der Waals surface area contributed by atoms with Crippen LogP contribution in [-0.4, -0.2) is 31.6 Å². The van der Waals surface area contributed by atoms with E-state index in [1.165, 1.54) is 37.5 Å². The second-order valence-corrected chi connectivity index (χ2v) is 7.95. The van der Waals surface area contributed by atoms with Gasteiger partial charge in [-0.2, -0.15) is 5.10 Å². The lowest BCUT2D eigenvalue weighted by Crippen LogP contribution is -2.20. The van der Waals surface area contributed by atoms with E-state index in [9.17, 15) is 9.59 Å². The molecule has 29 heavy (non-hydrogen) atoms. The fraction of sp³-hybridized carbons (Fsp3) is 0.409. The smallest absolute Gasteiger partial charge is 0.240 e. The van der Waals surface area contributed by atoms with Crippen LogP contribution >= 0.6 is 11.3 Å². The van der Waals surface area contributed by atoms with Gasteiger partial charge in [0, 0.05) is 34.2 Å². The fourth-order valence-electron chi connectivity index (χ4n) is 3.44. The van der Waals surface area contributed by atoms with Crippen molar-refractivity contribution >= 4 is 28.7 Å². The zero-order chi connectivity index (χ0) is 20.8. The van der Waals surface area contributed by atoms with Gasteiger partial charge in [0.25, 0.3) is 0 Å². The third-order valence-electron chi connectivity index (χ3n) is 5.08. The van der Waals surface area contributed by atoms with Crippen LogP contribution < -0.4 is 14.9 Å². The number of nitrogens with one attached hydrogen (secondary N) is 1. The molecule has 3 rings (SSSR count). The Morgan fingerprint density at radius 3 is 2.62 bits per heavy atom. The number of nitrogens with zero attached hydrogens (tertiary/aromatic N) is 1. The molecule has 2 aromatic rings. The minimum absolute atomic E-state index is 0.0751. The molecule has 0 saturated carbocycles. The Balaban J connectivity index is 1.55. The van der Waals surface area contributed by atoms with Gasteiger partial charge in [-0.1, -0.05) is 0 Å². The molecular weight excluding hydrogens is 388 g/mol. The van der Waals surface area contributed by atoms with Crippen molar-refractivity contribution in [2.45, 2.75) is 45.4 Å². The highest BCUT2D eigenvalue weighted by atomic mass is 32.1. The maximum atomic E-state index is 12.4. The fourth-order valence-corrected chi connectivity index (χ4v) is 4.63. The largest absolute Gasteiger partial charge is 0.493 e. The molecule has 1 aliphatic carbocycles. The number of hydrogen-bond donors (Lipinski definition) is 1. The van der Waals surface area contributed by atoms with E-state index in [0.717, 1.165) is 24.1 Å². The van der Waals surface area contributed by atoms with E-state index >= 15 is 0 Å². The van der Waals surface area contributed by atoms with Gasteiger partial charge in [-0.15, -0.1) is 11.3 Å². The molecule has 1 heterocycles. The van der Waals surface area contributed by atoms with Gasteiger partial charge in [0.2, 0.25) is 5.91 Å². The van der Waals surface area contributed by atoms with Crippen molar-refractivity contribution in [1.29, 1.82) is 0 Å². The SMILES string of the molecule is COc1ccc(C(=O)CCC(=O)N/N=C(\C)c2csc3c2CCCC3)cc1OC. The van der Waals surface area contributed by atoms with Crippen molar-refractivity contribution in [2.75, 3.05) is 14.2 Å². The van der Waals surface area contributed by atoms with Crippen molar-refractivity contribution < 1.29 is 19.1 Å². The molecule has 7 heteroatoms. The van der Waals surface area contributed by atoms with E-state index in [1.807, 2.05) is 6.92 Å². The second-order valence-electron chi connectivity index (χ2n) is 6.98. The maximum absolute atomic E-state index is 12.4. The van der Waals surface area contributed by atoms with Gasteiger partial charge in [-0.3, -0.25) is 9.59 Å². The number of carbonyl (C=O) groups is 2. The molecule has 1 amide bonds. The molecule has 0 spiro atoms. The minimum atomic E-state index is -0.276. The van der Waals surface area contributed by atoms with Crippen LogP contribution in [0.15, 0.2) is 28.7 Å². The normalized spacial score (nSPS) is 13.6. The maximum Gasteiger partial charge on any atom is 0.240 e. The summed E-state index contributed by atoms with van der Waals surface area (Å²) >= 11 is 1.77. The monoisotopic (exact) mass is 414 g/mol. The third kappa shape index (κ3) is 5.03. The molecule has 0 saturated heterocycles. The van der Waals surface area contributed by atoms with Crippen molar-refractivity contribution in [3.63, 3.8) is 0 Å². The third-order valence-corrected chi connectivity index (χ3v) is 6.17. The first kappa shape index (κ1) is 21.0. The zero-order valence-electron chi connectivity index (χ0n) is 17.0. The number of fused-ring (bicyclic) bond motifs is 1. The lowest BCUT2D eigenvalue weighted by molar-refractivity contribution is -0.121. The second kappa shape index (κ2) is 9.69. The molecule has 0 atom stereocenters. The van der Waals surface area contributed by atoms with Gasteiger partial charge < -0.3 is 9.47 Å². The van der Waals surface area contributed by atoms with Crippen LogP contribution in [0.3, 0.4) is 0 Å². The molecule has 0 fully saturated rings. The predicted molar refractivity (Wildman–Crippen MR) is 114 cm³/mol. The van der Waals surface area contributed by atoms with Crippen LogP contribution in [0, 0.1) is 0 Å². The van der Waals surface area contributed by atoms with Crippen LogP contribution in [0.1, 0.15) is 59.0 Å². The average molecular weight is 415 g/mol. The summed E-state index contributed by atoms with van der Waals surface area (Å²) in [5, 5.41) is 6.38. The predicted octanol–water partition coefficient (Wildman–Crippen LogP) is 4.15. The summed E-state index contributed by atoms with van der Waals surface area (Å²) in [5.74, 6) is 0.639. The number of carbonyl (C=O) groups excluding carboxylic acids is 2. The highest BCUT2D eigenvalue weighted by molar-refractivity contribution is 7.10. The zero-order valence-corrected chi connectivity index (χ0v) is 17.9. The Labute approximate surface area is 174 Å². The first-order chi connectivity index (χ1) is 14.0. The van der Waals surface area contributed by atoms with Crippen molar-refractivity contribution in [2.24, 2.45) is 5.10 Å². The average Bonchev–Trinajstić information content (AvgIpc) is 3.19. The molecule has 0 bridgehead atoms. The summed E-state index contributed by atoms with van der Waals surface area (Å²) < 4.78 is 10.4. The van der Waals surface area contributed by atoms with E-state index in [-0.39, 0.29) is 24.5 Å². The quantitative estimate of drug-likeness (QED) is 0.400. The van der Waals surface area contributed by atoms with Crippen molar-refractivity contribution in [1.82, 2.24) is 5.43 Å². The van der Waals surface area contributed by atoms with E-state index in [4.69, 9.17) is 9.47 Å². The first-order valence-electron chi connectivity index (χ1n) is 9.71. The van der Waals surface area contributed by atoms with Crippen molar-refractivity contribution in [3.8, 4) is 11.5 Å². The van der Waals surface area contributed by atoms with Gasteiger partial charge >= 0.3 is 0 Å². The van der Waals surface area contributed by atoms with Crippen LogP contribution in [-0.2, 0) is 17.6 Å². The van der Waals surface area contributed by atoms with Crippen molar-refractivity contribution in [3.05, 3.63) is 45.1 Å². The highest BCUT2D eigenvalue weighted by Crippen LogP contribution is 2.30. The molecule has 0 radical (unpaired) electrons. The molecule has 0 unspecified atom stereocenters. The summed E-state index contributed by atoms with van der Waals surface area (Å²) in [4.78, 5) is 26.0. The molecule has 6 nitrogen and oxygen atoms in total. The van der Waals surface area contributed by atoms with E-state index in [1.54, 1.807) is 29.5 Å². The minimum Gasteiger partial charge on any atom is -0.493 e. The number of methoxy groups -OCH3 is 2. The van der Waals surface area contributed by atoms with Crippen LogP contribution in [0.2, 0.25) is 0 Å². The molecule has 1 aromatic heterocycles. The molecule has 1 aliphatic rings. The number of Topliss-reactive ketones (excluding diaryl/α,β-unsaturated/α-hetero) is 1. The van der Waals surface area contributed by atoms with Gasteiger partial charge in [-0.05, 0) is 56.4 Å². The molecular formula is C22H26N2O4S. The van der Waals surface area contributed by atoms with Crippen LogP contribution in [0.25, 0.3) is 0 Å². The standard InChI is InChI=1S/C22H26N2O4S/c1-14(17-13-29-21-7-5-4-6-16(17)21)23-24-22(26)11-9-18(25)15-8-10-19(27-2)20(12-15)28-3/h8,10,12-13H,4-7,9,11H2,1-3H3,(H,24,26)/b23-14+. The number of amides is 1. The number of hydrogen-bond acceptors (Lipinski definition) is 6.